The molecule has 0 unspecified atom stereocenters. The first kappa shape index (κ1) is 14.9. The second-order valence-electron chi connectivity index (χ2n) is 6.46. The molecule has 1 fully saturated rings. The molecule has 3 aromatic rings. The van der Waals surface area contributed by atoms with Crippen molar-refractivity contribution >= 4 is 34.1 Å². The topological polar surface area (TPSA) is 45.2 Å². The van der Waals surface area contributed by atoms with Crippen LogP contribution in [-0.2, 0) is 0 Å². The van der Waals surface area contributed by atoms with Crippen LogP contribution in [0.4, 0.5) is 5.82 Å². The molecule has 0 bridgehead atoms. The number of carbonyl (C=O) groups excluding carboxylic acids is 1. The summed E-state index contributed by atoms with van der Waals surface area (Å²) in [5.74, 6) is 0.951. The Balaban J connectivity index is 1.86. The molecule has 25 heavy (non-hydrogen) atoms. The lowest BCUT2D eigenvalue weighted by atomic mass is 10.0. The number of benzene rings is 2. The highest BCUT2D eigenvalue weighted by Crippen LogP contribution is 2.45. The molecule has 2 heterocycles. The number of fused-ring (bicyclic) bond motifs is 5. The van der Waals surface area contributed by atoms with Crippen LogP contribution in [0.5, 0.6) is 0 Å². The van der Waals surface area contributed by atoms with Crippen molar-refractivity contribution in [3.63, 3.8) is 0 Å². The number of anilines is 1. The van der Waals surface area contributed by atoms with Gasteiger partial charge in [0.25, 0.3) is 0 Å². The Labute approximate surface area is 150 Å². The van der Waals surface area contributed by atoms with E-state index < -0.39 is 0 Å². The third-order valence-corrected chi connectivity index (χ3v) is 5.25. The fourth-order valence-corrected chi connectivity index (χ4v) is 4.02. The Morgan fingerprint density at radius 1 is 1.00 bits per heavy atom. The van der Waals surface area contributed by atoms with Crippen molar-refractivity contribution in [1.82, 2.24) is 10.3 Å². The maximum Gasteiger partial charge on any atom is 0.195 e. The summed E-state index contributed by atoms with van der Waals surface area (Å²) in [7, 11) is 0. The molecular formula is C20H16ClN3O. The largest absolute Gasteiger partial charge is 0.354 e. The highest BCUT2D eigenvalue weighted by molar-refractivity contribution is 6.33. The molecule has 0 atom stereocenters. The van der Waals surface area contributed by atoms with E-state index in [4.69, 9.17) is 16.6 Å². The van der Waals surface area contributed by atoms with Crippen molar-refractivity contribution in [1.29, 1.82) is 0 Å². The van der Waals surface area contributed by atoms with Crippen LogP contribution < -0.4 is 10.2 Å². The summed E-state index contributed by atoms with van der Waals surface area (Å²) in [6.45, 7) is 3.61. The number of para-hydroxylation sites is 1. The molecule has 1 aliphatic carbocycles. The standard InChI is InChI=1S/C20H16ClN3O/c21-12-5-6-13-15(11-12)19(25)17-14-3-1-2-4-16(14)23-20(18(13)17)24-9-7-22-8-10-24/h1-6,11,22H,7-10H2. The first-order valence-electron chi connectivity index (χ1n) is 8.47. The number of piperazine rings is 1. The van der Waals surface area contributed by atoms with Gasteiger partial charge in [0.05, 0.1) is 5.52 Å². The van der Waals surface area contributed by atoms with Gasteiger partial charge in [-0.2, -0.15) is 0 Å². The number of rotatable bonds is 1. The Morgan fingerprint density at radius 3 is 2.64 bits per heavy atom. The van der Waals surface area contributed by atoms with Gasteiger partial charge in [-0.15, -0.1) is 0 Å². The minimum Gasteiger partial charge on any atom is -0.354 e. The van der Waals surface area contributed by atoms with Gasteiger partial charge in [0.15, 0.2) is 5.78 Å². The minimum absolute atomic E-state index is 0.0440. The summed E-state index contributed by atoms with van der Waals surface area (Å²) in [4.78, 5) is 20.4. The van der Waals surface area contributed by atoms with Gasteiger partial charge in [-0.3, -0.25) is 4.79 Å². The minimum atomic E-state index is 0.0440. The van der Waals surface area contributed by atoms with Crippen LogP contribution in [-0.4, -0.2) is 36.9 Å². The Hall–Kier alpha value is -2.43. The lowest BCUT2D eigenvalue weighted by molar-refractivity contribution is 0.104. The van der Waals surface area contributed by atoms with E-state index in [0.717, 1.165) is 59.6 Å². The number of carbonyl (C=O) groups is 1. The van der Waals surface area contributed by atoms with E-state index in [0.29, 0.717) is 10.6 Å². The molecule has 1 saturated heterocycles. The molecule has 1 aliphatic heterocycles. The predicted octanol–water partition coefficient (Wildman–Crippen LogP) is 3.51. The van der Waals surface area contributed by atoms with E-state index in [-0.39, 0.29) is 5.78 Å². The summed E-state index contributed by atoms with van der Waals surface area (Å²) in [6, 6.07) is 13.4. The molecule has 2 aliphatic rings. The number of nitrogens with one attached hydrogen (secondary N) is 1. The van der Waals surface area contributed by atoms with Crippen LogP contribution in [0.2, 0.25) is 5.02 Å². The maximum atomic E-state index is 13.2. The number of pyridine rings is 1. The predicted molar refractivity (Wildman–Crippen MR) is 101 cm³/mol. The van der Waals surface area contributed by atoms with E-state index in [1.54, 1.807) is 6.07 Å². The molecule has 5 rings (SSSR count). The van der Waals surface area contributed by atoms with Gasteiger partial charge in [0, 0.05) is 53.3 Å². The number of aromatic nitrogens is 1. The van der Waals surface area contributed by atoms with Crippen LogP contribution in [0.15, 0.2) is 42.5 Å². The highest BCUT2D eigenvalue weighted by Gasteiger charge is 2.33. The van der Waals surface area contributed by atoms with Gasteiger partial charge in [0.2, 0.25) is 0 Å². The lowest BCUT2D eigenvalue weighted by Crippen LogP contribution is -2.44. The molecular weight excluding hydrogens is 334 g/mol. The van der Waals surface area contributed by atoms with E-state index in [2.05, 4.69) is 10.2 Å². The fourth-order valence-electron chi connectivity index (χ4n) is 3.85. The third-order valence-electron chi connectivity index (χ3n) is 5.01. The zero-order valence-electron chi connectivity index (χ0n) is 13.6. The summed E-state index contributed by atoms with van der Waals surface area (Å²) in [5.41, 5.74) is 4.20. The molecule has 1 N–H and O–H groups in total. The van der Waals surface area contributed by atoms with E-state index in [1.165, 1.54) is 0 Å². The van der Waals surface area contributed by atoms with Crippen LogP contribution in [0.3, 0.4) is 0 Å². The maximum absolute atomic E-state index is 13.2. The number of nitrogens with zero attached hydrogens (tertiary/aromatic N) is 2. The van der Waals surface area contributed by atoms with Crippen molar-refractivity contribution in [2.75, 3.05) is 31.1 Å². The van der Waals surface area contributed by atoms with Crippen molar-refractivity contribution in [2.24, 2.45) is 0 Å². The van der Waals surface area contributed by atoms with Crippen molar-refractivity contribution in [3.8, 4) is 11.1 Å². The zero-order chi connectivity index (χ0) is 17.0. The Kier molecular flexibility index (Phi) is 3.30. The molecule has 1 aromatic heterocycles. The van der Waals surface area contributed by atoms with Gasteiger partial charge in [0.1, 0.15) is 5.82 Å². The first-order chi connectivity index (χ1) is 12.2. The summed E-state index contributed by atoms with van der Waals surface area (Å²) >= 11 is 6.15. The number of hydrogen-bond acceptors (Lipinski definition) is 4. The fraction of sp³-hybridized carbons (Fsp3) is 0.200. The highest BCUT2D eigenvalue weighted by atomic mass is 35.5. The van der Waals surface area contributed by atoms with E-state index in [1.807, 2.05) is 36.4 Å². The van der Waals surface area contributed by atoms with Crippen LogP contribution in [0.1, 0.15) is 15.9 Å². The molecule has 4 nitrogen and oxygen atoms in total. The molecule has 0 radical (unpaired) electrons. The van der Waals surface area contributed by atoms with Crippen molar-refractivity contribution in [2.45, 2.75) is 0 Å². The van der Waals surface area contributed by atoms with Gasteiger partial charge in [-0.1, -0.05) is 35.9 Å². The molecule has 0 spiro atoms. The number of hydrogen-bond donors (Lipinski definition) is 1. The Bertz CT molecular complexity index is 1020. The van der Waals surface area contributed by atoms with E-state index >= 15 is 0 Å². The number of halogens is 1. The average Bonchev–Trinajstić information content (AvgIpc) is 2.95. The smallest absolute Gasteiger partial charge is 0.195 e. The van der Waals surface area contributed by atoms with Gasteiger partial charge in [-0.05, 0) is 23.8 Å². The molecule has 0 saturated carbocycles. The molecule has 2 aromatic carbocycles. The third kappa shape index (κ3) is 2.18. The second-order valence-corrected chi connectivity index (χ2v) is 6.90. The van der Waals surface area contributed by atoms with Gasteiger partial charge in [-0.25, -0.2) is 4.98 Å². The quantitative estimate of drug-likeness (QED) is 0.571. The Morgan fingerprint density at radius 2 is 1.80 bits per heavy atom. The van der Waals surface area contributed by atoms with Crippen LogP contribution in [0.25, 0.3) is 22.0 Å². The molecule has 5 heteroatoms. The monoisotopic (exact) mass is 349 g/mol. The van der Waals surface area contributed by atoms with Crippen LogP contribution >= 0.6 is 11.6 Å². The van der Waals surface area contributed by atoms with Crippen LogP contribution in [0, 0.1) is 0 Å². The SMILES string of the molecule is O=C1c2cc(Cl)ccc2-c2c(N3CCNCC3)nc3ccccc3c21. The molecule has 0 amide bonds. The zero-order valence-corrected chi connectivity index (χ0v) is 14.3. The molecule has 124 valence electrons. The first-order valence-corrected chi connectivity index (χ1v) is 8.85. The van der Waals surface area contributed by atoms with Crippen molar-refractivity contribution < 1.29 is 4.79 Å². The van der Waals surface area contributed by atoms with E-state index in [9.17, 15) is 4.79 Å². The second kappa shape index (κ2) is 5.55. The van der Waals surface area contributed by atoms with Gasteiger partial charge < -0.3 is 10.2 Å². The lowest BCUT2D eigenvalue weighted by Gasteiger charge is -2.30. The normalized spacial score (nSPS) is 16.2. The van der Waals surface area contributed by atoms with Crippen molar-refractivity contribution in [3.05, 3.63) is 58.6 Å². The summed E-state index contributed by atoms with van der Waals surface area (Å²) < 4.78 is 0. The average molecular weight is 350 g/mol. The summed E-state index contributed by atoms with van der Waals surface area (Å²) in [6.07, 6.45) is 0. The summed E-state index contributed by atoms with van der Waals surface area (Å²) in [5, 5.41) is 4.87. The number of ketones is 1. The van der Waals surface area contributed by atoms with Gasteiger partial charge >= 0.3 is 0 Å².